The number of ether oxygens (including phenoxy) is 2. The zero-order valence-corrected chi connectivity index (χ0v) is 14.9. The fourth-order valence-corrected chi connectivity index (χ4v) is 2.69. The first kappa shape index (κ1) is 18.0. The number of aryl methyl sites for hydroxylation is 1. The number of halogens is 1. The molecule has 2 aromatic carbocycles. The number of esters is 1. The smallest absolute Gasteiger partial charge is 0.336 e. The summed E-state index contributed by atoms with van der Waals surface area (Å²) in [5.74, 6) is 0.706. The van der Waals surface area contributed by atoms with Gasteiger partial charge in [0.25, 0.3) is 0 Å². The number of rotatable bonds is 6. The van der Waals surface area contributed by atoms with Gasteiger partial charge in [-0.1, -0.05) is 11.6 Å². The summed E-state index contributed by atoms with van der Waals surface area (Å²) in [6, 6.07) is 13.3. The highest BCUT2D eigenvalue weighted by molar-refractivity contribution is 6.30. The first-order valence-electron chi connectivity index (χ1n) is 8.15. The summed E-state index contributed by atoms with van der Waals surface area (Å²) in [5, 5.41) is 1.42. The van der Waals surface area contributed by atoms with E-state index in [1.54, 1.807) is 30.3 Å². The Hall–Kier alpha value is -2.79. The second-order valence-electron chi connectivity index (χ2n) is 5.79. The highest BCUT2D eigenvalue weighted by Crippen LogP contribution is 2.22. The summed E-state index contributed by atoms with van der Waals surface area (Å²) in [6.07, 6.45) is 0.729. The molecule has 0 aliphatic carbocycles. The number of hydrogen-bond acceptors (Lipinski definition) is 5. The molecular weight excluding hydrogens is 356 g/mol. The van der Waals surface area contributed by atoms with Gasteiger partial charge in [0.05, 0.1) is 6.61 Å². The van der Waals surface area contributed by atoms with Crippen molar-refractivity contribution < 1.29 is 18.7 Å². The lowest BCUT2D eigenvalue weighted by molar-refractivity contribution is -0.134. The van der Waals surface area contributed by atoms with E-state index in [9.17, 15) is 9.59 Å². The van der Waals surface area contributed by atoms with Crippen LogP contribution in [0.15, 0.2) is 57.7 Å². The van der Waals surface area contributed by atoms with Crippen molar-refractivity contribution in [1.29, 1.82) is 0 Å². The van der Waals surface area contributed by atoms with Crippen molar-refractivity contribution in [2.45, 2.75) is 19.8 Å². The molecule has 5 nitrogen and oxygen atoms in total. The third-order valence-corrected chi connectivity index (χ3v) is 3.98. The molecule has 0 spiro atoms. The summed E-state index contributed by atoms with van der Waals surface area (Å²) in [5.41, 5.74) is 0.873. The summed E-state index contributed by atoms with van der Waals surface area (Å²) in [6.45, 7) is 2.30. The third-order valence-electron chi connectivity index (χ3n) is 3.75. The molecule has 0 aliphatic rings. The molecular formula is C20H17ClO5. The number of fused-ring (bicyclic) bond motifs is 1. The summed E-state index contributed by atoms with van der Waals surface area (Å²) in [7, 11) is 0. The Morgan fingerprint density at radius 3 is 2.73 bits per heavy atom. The second-order valence-corrected chi connectivity index (χ2v) is 6.23. The molecule has 3 rings (SSSR count). The maximum absolute atomic E-state index is 12.0. The van der Waals surface area contributed by atoms with E-state index in [4.69, 9.17) is 25.5 Å². The normalized spacial score (nSPS) is 10.7. The molecule has 0 radical (unpaired) electrons. The van der Waals surface area contributed by atoms with E-state index in [2.05, 4.69) is 0 Å². The zero-order chi connectivity index (χ0) is 18.5. The lowest BCUT2D eigenvalue weighted by atomic mass is 10.2. The fourth-order valence-electron chi connectivity index (χ4n) is 2.46. The van der Waals surface area contributed by atoms with Gasteiger partial charge in [-0.2, -0.15) is 0 Å². The molecule has 134 valence electrons. The van der Waals surface area contributed by atoms with Crippen LogP contribution in [0.2, 0.25) is 5.02 Å². The molecule has 0 N–H and O–H groups in total. The number of carbonyl (C=O) groups excluding carboxylic acids is 1. The monoisotopic (exact) mass is 372 g/mol. The Bertz CT molecular complexity index is 993. The summed E-state index contributed by atoms with van der Waals surface area (Å²) in [4.78, 5) is 23.2. The third kappa shape index (κ3) is 4.64. The maximum Gasteiger partial charge on any atom is 0.336 e. The van der Waals surface area contributed by atoms with Gasteiger partial charge in [0, 0.05) is 29.0 Å². The first-order valence-corrected chi connectivity index (χ1v) is 8.52. The predicted molar refractivity (Wildman–Crippen MR) is 99.0 cm³/mol. The molecule has 3 aromatic rings. The quantitative estimate of drug-likeness (QED) is 0.275. The molecule has 0 amide bonds. The average molecular weight is 373 g/mol. The van der Waals surface area contributed by atoms with Crippen LogP contribution in [0, 0.1) is 6.92 Å². The van der Waals surface area contributed by atoms with Crippen LogP contribution in [-0.2, 0) is 4.79 Å². The Kier molecular flexibility index (Phi) is 5.58. The van der Waals surface area contributed by atoms with Crippen molar-refractivity contribution >= 4 is 28.5 Å². The first-order chi connectivity index (χ1) is 12.5. The van der Waals surface area contributed by atoms with Crippen molar-refractivity contribution in [2.24, 2.45) is 0 Å². The van der Waals surface area contributed by atoms with Crippen molar-refractivity contribution in [3.63, 3.8) is 0 Å². The minimum Gasteiger partial charge on any atom is -0.493 e. The van der Waals surface area contributed by atoms with E-state index in [1.165, 1.54) is 12.1 Å². The van der Waals surface area contributed by atoms with Gasteiger partial charge in [-0.3, -0.25) is 4.79 Å². The van der Waals surface area contributed by atoms with Crippen LogP contribution < -0.4 is 15.1 Å². The molecule has 1 heterocycles. The SMILES string of the molecule is Cc1cc(Cl)ccc1OCCCC(=O)Oc1ccc2ccc(=O)oc2c1. The summed E-state index contributed by atoms with van der Waals surface area (Å²) >= 11 is 5.90. The van der Waals surface area contributed by atoms with Crippen LogP contribution in [0.5, 0.6) is 11.5 Å². The average Bonchev–Trinajstić information content (AvgIpc) is 2.60. The standard InChI is InChI=1S/C20H17ClO5/c1-13-11-15(21)6-8-17(13)24-10-2-3-19(22)25-16-7-4-14-5-9-20(23)26-18(14)12-16/h4-9,11-12H,2-3,10H2,1H3. The molecule has 0 saturated carbocycles. The molecule has 0 bridgehead atoms. The minimum absolute atomic E-state index is 0.212. The fraction of sp³-hybridized carbons (Fsp3) is 0.200. The van der Waals surface area contributed by atoms with Crippen LogP contribution >= 0.6 is 11.6 Å². The van der Waals surface area contributed by atoms with E-state index in [0.29, 0.717) is 29.4 Å². The molecule has 0 fully saturated rings. The lowest BCUT2D eigenvalue weighted by Gasteiger charge is -2.09. The van der Waals surface area contributed by atoms with E-state index in [-0.39, 0.29) is 12.4 Å². The largest absolute Gasteiger partial charge is 0.493 e. The van der Waals surface area contributed by atoms with Crippen molar-refractivity contribution in [3.8, 4) is 11.5 Å². The molecule has 0 atom stereocenters. The van der Waals surface area contributed by atoms with E-state index >= 15 is 0 Å². The Balaban J connectivity index is 1.50. The minimum atomic E-state index is -0.449. The van der Waals surface area contributed by atoms with Crippen LogP contribution in [0.25, 0.3) is 11.0 Å². The molecule has 0 saturated heterocycles. The van der Waals surface area contributed by atoms with Crippen LogP contribution in [0.3, 0.4) is 0 Å². The Morgan fingerprint density at radius 2 is 1.92 bits per heavy atom. The van der Waals surface area contributed by atoms with E-state index in [1.807, 2.05) is 13.0 Å². The van der Waals surface area contributed by atoms with Gasteiger partial charge in [-0.05, 0) is 55.3 Å². The topological polar surface area (TPSA) is 65.7 Å². The van der Waals surface area contributed by atoms with Gasteiger partial charge < -0.3 is 13.9 Å². The van der Waals surface area contributed by atoms with Crippen molar-refractivity contribution in [2.75, 3.05) is 6.61 Å². The van der Waals surface area contributed by atoms with Gasteiger partial charge in [0.15, 0.2) is 0 Å². The zero-order valence-electron chi connectivity index (χ0n) is 14.2. The van der Waals surface area contributed by atoms with Gasteiger partial charge >= 0.3 is 11.6 Å². The van der Waals surface area contributed by atoms with Crippen LogP contribution in [0.4, 0.5) is 0 Å². The molecule has 6 heteroatoms. The van der Waals surface area contributed by atoms with Crippen LogP contribution in [-0.4, -0.2) is 12.6 Å². The second kappa shape index (κ2) is 8.06. The maximum atomic E-state index is 12.0. The number of benzene rings is 2. The van der Waals surface area contributed by atoms with Gasteiger partial charge in [-0.15, -0.1) is 0 Å². The molecule has 1 aromatic heterocycles. The Labute approximate surface area is 155 Å². The van der Waals surface area contributed by atoms with Gasteiger partial charge in [-0.25, -0.2) is 4.79 Å². The molecule has 0 aliphatic heterocycles. The van der Waals surface area contributed by atoms with Crippen LogP contribution in [0.1, 0.15) is 18.4 Å². The van der Waals surface area contributed by atoms with Crippen molar-refractivity contribution in [1.82, 2.24) is 0 Å². The Morgan fingerprint density at radius 1 is 1.12 bits per heavy atom. The predicted octanol–water partition coefficient (Wildman–Crippen LogP) is 4.52. The van der Waals surface area contributed by atoms with Crippen molar-refractivity contribution in [3.05, 3.63) is 69.5 Å². The van der Waals surface area contributed by atoms with E-state index in [0.717, 1.165) is 16.7 Å². The molecule has 0 unspecified atom stereocenters. The number of carbonyl (C=O) groups is 1. The van der Waals surface area contributed by atoms with E-state index < -0.39 is 5.63 Å². The molecule has 26 heavy (non-hydrogen) atoms. The van der Waals surface area contributed by atoms with Gasteiger partial charge in [0.1, 0.15) is 17.1 Å². The number of hydrogen-bond donors (Lipinski definition) is 0. The lowest BCUT2D eigenvalue weighted by Crippen LogP contribution is -2.10. The summed E-state index contributed by atoms with van der Waals surface area (Å²) < 4.78 is 16.0. The highest BCUT2D eigenvalue weighted by Gasteiger charge is 2.08. The van der Waals surface area contributed by atoms with Gasteiger partial charge in [0.2, 0.25) is 0 Å². The highest BCUT2D eigenvalue weighted by atomic mass is 35.5.